The number of benzene rings is 1. The molecule has 0 saturated heterocycles. The molecule has 0 bridgehead atoms. The SMILES string of the molecule is CCC(CC)(CNC)Cc1ccc(Cl)cc1. The highest BCUT2D eigenvalue weighted by atomic mass is 35.5. The predicted molar refractivity (Wildman–Crippen MR) is 72.1 cm³/mol. The second-order valence-corrected chi connectivity index (χ2v) is 4.98. The Balaban J connectivity index is 2.78. The molecule has 0 amide bonds. The molecular weight excluding hydrogens is 218 g/mol. The van der Waals surface area contributed by atoms with E-state index in [0.29, 0.717) is 5.41 Å². The zero-order chi connectivity index (χ0) is 12.0. The fourth-order valence-electron chi connectivity index (χ4n) is 2.22. The van der Waals surface area contributed by atoms with Crippen LogP contribution in [0, 0.1) is 5.41 Å². The van der Waals surface area contributed by atoms with E-state index in [-0.39, 0.29) is 0 Å². The number of nitrogens with one attached hydrogen (secondary N) is 1. The molecule has 0 unspecified atom stereocenters. The summed E-state index contributed by atoms with van der Waals surface area (Å²) in [4.78, 5) is 0. The summed E-state index contributed by atoms with van der Waals surface area (Å²) in [5.41, 5.74) is 1.76. The van der Waals surface area contributed by atoms with E-state index in [2.05, 4.69) is 31.3 Å². The second kappa shape index (κ2) is 6.27. The zero-order valence-electron chi connectivity index (χ0n) is 10.5. The number of halogens is 1. The van der Waals surface area contributed by atoms with Gasteiger partial charge in [0.15, 0.2) is 0 Å². The molecule has 0 aliphatic carbocycles. The van der Waals surface area contributed by atoms with Crippen LogP contribution in [0.25, 0.3) is 0 Å². The summed E-state index contributed by atoms with van der Waals surface area (Å²) >= 11 is 5.90. The summed E-state index contributed by atoms with van der Waals surface area (Å²) in [5, 5.41) is 4.13. The largest absolute Gasteiger partial charge is 0.319 e. The van der Waals surface area contributed by atoms with E-state index < -0.39 is 0 Å². The molecule has 2 heteroatoms. The third-order valence-electron chi connectivity index (χ3n) is 3.54. The van der Waals surface area contributed by atoms with Crippen LogP contribution < -0.4 is 5.32 Å². The van der Waals surface area contributed by atoms with Crippen LogP contribution in [0.1, 0.15) is 32.3 Å². The zero-order valence-corrected chi connectivity index (χ0v) is 11.3. The maximum atomic E-state index is 5.90. The van der Waals surface area contributed by atoms with E-state index in [1.165, 1.54) is 18.4 Å². The van der Waals surface area contributed by atoms with Crippen molar-refractivity contribution in [2.45, 2.75) is 33.1 Å². The summed E-state index contributed by atoms with van der Waals surface area (Å²) in [7, 11) is 2.03. The second-order valence-electron chi connectivity index (χ2n) is 4.54. The molecule has 0 fully saturated rings. The third-order valence-corrected chi connectivity index (χ3v) is 3.80. The van der Waals surface area contributed by atoms with Crippen LogP contribution in [0.4, 0.5) is 0 Å². The van der Waals surface area contributed by atoms with Crippen LogP contribution in [0.5, 0.6) is 0 Å². The van der Waals surface area contributed by atoms with Crippen molar-refractivity contribution < 1.29 is 0 Å². The lowest BCUT2D eigenvalue weighted by Crippen LogP contribution is -2.33. The first kappa shape index (κ1) is 13.5. The minimum Gasteiger partial charge on any atom is -0.319 e. The number of hydrogen-bond donors (Lipinski definition) is 1. The van der Waals surface area contributed by atoms with Gasteiger partial charge in [0.05, 0.1) is 0 Å². The van der Waals surface area contributed by atoms with Crippen LogP contribution in [-0.2, 0) is 6.42 Å². The van der Waals surface area contributed by atoms with E-state index in [4.69, 9.17) is 11.6 Å². The minimum atomic E-state index is 0.378. The van der Waals surface area contributed by atoms with Crippen LogP contribution in [-0.4, -0.2) is 13.6 Å². The summed E-state index contributed by atoms with van der Waals surface area (Å²) in [6.45, 7) is 5.62. The van der Waals surface area contributed by atoms with Gasteiger partial charge in [0.1, 0.15) is 0 Å². The molecule has 0 atom stereocenters. The van der Waals surface area contributed by atoms with Crippen molar-refractivity contribution in [1.29, 1.82) is 0 Å². The Hall–Kier alpha value is -0.530. The average Bonchev–Trinajstić information content (AvgIpc) is 2.31. The van der Waals surface area contributed by atoms with Gasteiger partial charge in [0, 0.05) is 11.6 Å². The highest BCUT2D eigenvalue weighted by molar-refractivity contribution is 6.30. The van der Waals surface area contributed by atoms with Crippen molar-refractivity contribution in [3.8, 4) is 0 Å². The van der Waals surface area contributed by atoms with Crippen LogP contribution >= 0.6 is 11.6 Å². The molecule has 0 aliphatic heterocycles. The molecule has 1 nitrogen and oxygen atoms in total. The van der Waals surface area contributed by atoms with E-state index in [0.717, 1.165) is 18.0 Å². The maximum Gasteiger partial charge on any atom is 0.0406 e. The summed E-state index contributed by atoms with van der Waals surface area (Å²) in [5.74, 6) is 0. The van der Waals surface area contributed by atoms with Crippen molar-refractivity contribution in [1.82, 2.24) is 5.32 Å². The molecule has 1 N–H and O–H groups in total. The molecule has 1 rings (SSSR count). The number of rotatable bonds is 6. The minimum absolute atomic E-state index is 0.378. The molecule has 0 radical (unpaired) electrons. The average molecular weight is 240 g/mol. The Bertz CT molecular complexity index is 301. The highest BCUT2D eigenvalue weighted by Gasteiger charge is 2.25. The monoisotopic (exact) mass is 239 g/mol. The summed E-state index contributed by atoms with van der Waals surface area (Å²) < 4.78 is 0. The van der Waals surface area contributed by atoms with Gasteiger partial charge < -0.3 is 5.32 Å². The molecule has 0 heterocycles. The molecule has 90 valence electrons. The van der Waals surface area contributed by atoms with Gasteiger partial charge in [-0.2, -0.15) is 0 Å². The molecule has 0 aromatic heterocycles. The first-order valence-corrected chi connectivity index (χ1v) is 6.42. The molecule has 1 aromatic carbocycles. The lowest BCUT2D eigenvalue weighted by molar-refractivity contribution is 0.253. The fourth-order valence-corrected chi connectivity index (χ4v) is 2.35. The Morgan fingerprint density at radius 2 is 1.69 bits per heavy atom. The smallest absolute Gasteiger partial charge is 0.0406 e. The standard InChI is InChI=1S/C14H22ClN/c1-4-14(5-2,11-16-3)10-12-6-8-13(15)9-7-12/h6-9,16H,4-5,10-11H2,1-3H3. The van der Waals surface area contributed by atoms with E-state index in [1.807, 2.05) is 19.2 Å². The summed E-state index contributed by atoms with van der Waals surface area (Å²) in [6.07, 6.45) is 3.53. The van der Waals surface area contributed by atoms with Gasteiger partial charge in [-0.25, -0.2) is 0 Å². The Morgan fingerprint density at radius 1 is 1.12 bits per heavy atom. The van der Waals surface area contributed by atoms with Crippen LogP contribution in [0.2, 0.25) is 5.02 Å². The Labute approximate surface area is 104 Å². The van der Waals surface area contributed by atoms with Crippen LogP contribution in [0.15, 0.2) is 24.3 Å². The van der Waals surface area contributed by atoms with Crippen molar-refractivity contribution >= 4 is 11.6 Å². The molecular formula is C14H22ClN. The maximum absolute atomic E-state index is 5.90. The lowest BCUT2D eigenvalue weighted by Gasteiger charge is -2.31. The normalized spacial score (nSPS) is 11.8. The van der Waals surface area contributed by atoms with Gasteiger partial charge in [0.2, 0.25) is 0 Å². The topological polar surface area (TPSA) is 12.0 Å². The molecule has 0 spiro atoms. The van der Waals surface area contributed by atoms with E-state index >= 15 is 0 Å². The van der Waals surface area contributed by atoms with E-state index in [9.17, 15) is 0 Å². The van der Waals surface area contributed by atoms with Gasteiger partial charge in [-0.05, 0) is 49.4 Å². The predicted octanol–water partition coefficient (Wildman–Crippen LogP) is 3.91. The van der Waals surface area contributed by atoms with Gasteiger partial charge in [-0.3, -0.25) is 0 Å². The van der Waals surface area contributed by atoms with Gasteiger partial charge in [0.25, 0.3) is 0 Å². The van der Waals surface area contributed by atoms with Gasteiger partial charge in [-0.15, -0.1) is 0 Å². The highest BCUT2D eigenvalue weighted by Crippen LogP contribution is 2.30. The molecule has 0 aliphatic rings. The first-order chi connectivity index (χ1) is 7.65. The lowest BCUT2D eigenvalue weighted by atomic mass is 9.77. The van der Waals surface area contributed by atoms with Gasteiger partial charge in [-0.1, -0.05) is 37.6 Å². The Kier molecular flexibility index (Phi) is 5.30. The number of hydrogen-bond acceptors (Lipinski definition) is 1. The van der Waals surface area contributed by atoms with Crippen molar-refractivity contribution in [3.05, 3.63) is 34.9 Å². The van der Waals surface area contributed by atoms with Crippen molar-refractivity contribution in [2.24, 2.45) is 5.41 Å². The van der Waals surface area contributed by atoms with Crippen molar-refractivity contribution in [3.63, 3.8) is 0 Å². The quantitative estimate of drug-likeness (QED) is 0.794. The molecule has 1 aromatic rings. The summed E-state index contributed by atoms with van der Waals surface area (Å²) in [6, 6.07) is 8.23. The first-order valence-electron chi connectivity index (χ1n) is 6.05. The molecule has 16 heavy (non-hydrogen) atoms. The van der Waals surface area contributed by atoms with Gasteiger partial charge >= 0.3 is 0 Å². The Morgan fingerprint density at radius 3 is 2.12 bits per heavy atom. The van der Waals surface area contributed by atoms with Crippen molar-refractivity contribution in [2.75, 3.05) is 13.6 Å². The van der Waals surface area contributed by atoms with E-state index in [1.54, 1.807) is 0 Å². The fraction of sp³-hybridized carbons (Fsp3) is 0.571. The third kappa shape index (κ3) is 3.50. The van der Waals surface area contributed by atoms with Crippen LogP contribution in [0.3, 0.4) is 0 Å². The molecule has 0 saturated carbocycles.